The molecule has 0 spiro atoms. The highest BCUT2D eigenvalue weighted by atomic mass is 19.4. The number of rotatable bonds is 8. The maximum absolute atomic E-state index is 12.0. The molecular weight excluding hydrogens is 337 g/mol. The Hall–Kier alpha value is -2.45. The van der Waals surface area contributed by atoms with Crippen LogP contribution in [0.5, 0.6) is 6.01 Å². The van der Waals surface area contributed by atoms with E-state index in [-0.39, 0.29) is 17.2 Å². The van der Waals surface area contributed by atoms with Gasteiger partial charge >= 0.3 is 12.2 Å². The van der Waals surface area contributed by atoms with Crippen molar-refractivity contribution in [3.8, 4) is 6.01 Å². The van der Waals surface area contributed by atoms with Crippen LogP contribution in [-0.4, -0.2) is 40.9 Å². The van der Waals surface area contributed by atoms with Crippen LogP contribution < -0.4 is 10.1 Å². The third kappa shape index (κ3) is 6.90. The number of ether oxygens (including phenoxy) is 1. The molecule has 1 aromatic rings. The van der Waals surface area contributed by atoms with Gasteiger partial charge in [-0.05, 0) is 18.4 Å². The van der Waals surface area contributed by atoms with Crippen molar-refractivity contribution < 1.29 is 22.7 Å². The molecular formula is C16H19F3N4O2. The molecule has 1 amide bonds. The summed E-state index contributed by atoms with van der Waals surface area (Å²) in [5.41, 5.74) is 0.231. The predicted molar refractivity (Wildman–Crippen MR) is 84.5 cm³/mol. The summed E-state index contributed by atoms with van der Waals surface area (Å²) < 4.78 is 40.4. The first-order valence-corrected chi connectivity index (χ1v) is 7.90. The Morgan fingerprint density at radius 3 is 2.56 bits per heavy atom. The van der Waals surface area contributed by atoms with Crippen molar-refractivity contribution >= 4 is 11.6 Å². The van der Waals surface area contributed by atoms with Gasteiger partial charge in [0.25, 0.3) is 0 Å². The van der Waals surface area contributed by atoms with Gasteiger partial charge < -0.3 is 15.5 Å². The van der Waals surface area contributed by atoms with E-state index in [4.69, 9.17) is 5.41 Å². The highest BCUT2D eigenvalue weighted by Gasteiger charge is 2.28. The summed E-state index contributed by atoms with van der Waals surface area (Å²) in [6.07, 6.45) is 5.05. The normalized spacial score (nSPS) is 15.0. The van der Waals surface area contributed by atoms with E-state index in [0.717, 1.165) is 6.42 Å². The maximum Gasteiger partial charge on any atom is 0.422 e. The lowest BCUT2D eigenvalue weighted by molar-refractivity contribution is -0.154. The smallest absolute Gasteiger partial charge is 0.422 e. The number of aromatic nitrogens is 2. The lowest BCUT2D eigenvalue weighted by Gasteiger charge is -2.24. The van der Waals surface area contributed by atoms with Crippen molar-refractivity contribution in [3.63, 3.8) is 0 Å². The van der Waals surface area contributed by atoms with Gasteiger partial charge in [0.05, 0.1) is 5.71 Å². The molecule has 1 heterocycles. The fourth-order valence-electron chi connectivity index (χ4n) is 2.17. The van der Waals surface area contributed by atoms with E-state index in [1.165, 1.54) is 43.8 Å². The minimum atomic E-state index is -4.47. The van der Waals surface area contributed by atoms with Gasteiger partial charge in [0.2, 0.25) is 5.91 Å². The fraction of sp³-hybridized carbons (Fsp3) is 0.500. The lowest BCUT2D eigenvalue weighted by atomic mass is 9.83. The number of hydrogen-bond donors (Lipinski definition) is 2. The molecule has 0 unspecified atom stereocenters. The van der Waals surface area contributed by atoms with E-state index in [1.807, 2.05) is 0 Å². The van der Waals surface area contributed by atoms with Gasteiger partial charge in [-0.2, -0.15) is 13.2 Å². The minimum Gasteiger partial charge on any atom is -0.454 e. The molecule has 1 aromatic heterocycles. The molecule has 0 atom stereocenters. The highest BCUT2D eigenvalue weighted by molar-refractivity contribution is 6.08. The molecule has 1 saturated carbocycles. The number of nitrogens with zero attached hydrogens (tertiary/aromatic N) is 2. The second-order valence-electron chi connectivity index (χ2n) is 5.78. The number of halogens is 3. The van der Waals surface area contributed by atoms with Crippen molar-refractivity contribution in [3.05, 3.63) is 30.1 Å². The topological polar surface area (TPSA) is 88.0 Å². The van der Waals surface area contributed by atoms with Crippen LogP contribution >= 0.6 is 0 Å². The molecule has 2 rings (SSSR count). The number of allylic oxidation sites excluding steroid dienone is 1. The van der Waals surface area contributed by atoms with Gasteiger partial charge in [-0.1, -0.05) is 19.3 Å². The molecule has 1 fully saturated rings. The zero-order valence-electron chi connectivity index (χ0n) is 13.5. The molecule has 0 bridgehead atoms. The number of amides is 1. The summed E-state index contributed by atoms with van der Waals surface area (Å²) >= 11 is 0. The van der Waals surface area contributed by atoms with E-state index >= 15 is 0 Å². The number of carbonyl (C=O) groups excluding carboxylic acids is 1. The van der Waals surface area contributed by atoms with E-state index < -0.39 is 18.8 Å². The standard InChI is InChI=1S/C16H19F3N4O2/c17-16(18,19)10-25-15-22-8-12(9-23-15)13(20)4-5-14(24)21-7-6-11-2-1-3-11/h4-5,8-9,11,20H,1-3,6-7,10H2,(H,21,24)/b5-4-,20-13?. The monoisotopic (exact) mass is 356 g/mol. The molecule has 1 aliphatic rings. The van der Waals surface area contributed by atoms with Gasteiger partial charge in [-0.3, -0.25) is 4.79 Å². The third-order valence-electron chi connectivity index (χ3n) is 3.78. The van der Waals surface area contributed by atoms with Crippen molar-refractivity contribution in [1.82, 2.24) is 15.3 Å². The number of hydrogen-bond acceptors (Lipinski definition) is 5. The largest absolute Gasteiger partial charge is 0.454 e. The van der Waals surface area contributed by atoms with Crippen LogP contribution in [0.3, 0.4) is 0 Å². The van der Waals surface area contributed by atoms with Gasteiger partial charge in [-0.15, -0.1) is 0 Å². The first-order valence-electron chi connectivity index (χ1n) is 7.90. The Morgan fingerprint density at radius 1 is 1.32 bits per heavy atom. The van der Waals surface area contributed by atoms with E-state index in [0.29, 0.717) is 12.5 Å². The SMILES string of the molecule is N=C(/C=C\C(=O)NCCC1CCC1)c1cnc(OCC(F)(F)F)nc1. The second-order valence-corrected chi connectivity index (χ2v) is 5.78. The average molecular weight is 356 g/mol. The van der Waals surface area contributed by atoms with Gasteiger partial charge in [0, 0.05) is 30.6 Å². The van der Waals surface area contributed by atoms with Crippen molar-refractivity contribution in [2.45, 2.75) is 31.9 Å². The Balaban J connectivity index is 1.76. The first-order chi connectivity index (χ1) is 11.8. The summed E-state index contributed by atoms with van der Waals surface area (Å²) in [6.45, 7) is -0.875. The van der Waals surface area contributed by atoms with E-state index in [2.05, 4.69) is 20.0 Å². The second kappa shape index (κ2) is 8.59. The lowest BCUT2D eigenvalue weighted by Crippen LogP contribution is -2.25. The van der Waals surface area contributed by atoms with Crippen LogP contribution in [0, 0.1) is 11.3 Å². The number of nitrogens with one attached hydrogen (secondary N) is 2. The van der Waals surface area contributed by atoms with Gasteiger partial charge in [0.1, 0.15) is 0 Å². The third-order valence-corrected chi connectivity index (χ3v) is 3.78. The molecule has 2 N–H and O–H groups in total. The van der Waals surface area contributed by atoms with Crippen LogP contribution in [0.4, 0.5) is 13.2 Å². The molecule has 1 aliphatic carbocycles. The quantitative estimate of drug-likeness (QED) is 0.554. The summed E-state index contributed by atoms with van der Waals surface area (Å²) in [6, 6.07) is -0.424. The molecule has 25 heavy (non-hydrogen) atoms. The predicted octanol–water partition coefficient (Wildman–Crippen LogP) is 2.65. The highest BCUT2D eigenvalue weighted by Crippen LogP contribution is 2.28. The van der Waals surface area contributed by atoms with Gasteiger partial charge in [-0.25, -0.2) is 9.97 Å². The Bertz CT molecular complexity index is 625. The average Bonchev–Trinajstić information content (AvgIpc) is 2.53. The molecule has 6 nitrogen and oxygen atoms in total. The van der Waals surface area contributed by atoms with Crippen LogP contribution in [-0.2, 0) is 4.79 Å². The summed E-state index contributed by atoms with van der Waals surface area (Å²) in [7, 11) is 0. The van der Waals surface area contributed by atoms with Crippen LogP contribution in [0.25, 0.3) is 0 Å². The number of alkyl halides is 3. The van der Waals surface area contributed by atoms with Gasteiger partial charge in [0.15, 0.2) is 6.61 Å². The molecule has 9 heteroatoms. The Morgan fingerprint density at radius 2 is 2.00 bits per heavy atom. The summed E-state index contributed by atoms with van der Waals surface area (Å²) in [5, 5.41) is 10.6. The van der Waals surface area contributed by atoms with Crippen LogP contribution in [0.1, 0.15) is 31.2 Å². The maximum atomic E-state index is 12.0. The molecule has 0 aromatic carbocycles. The molecule has 136 valence electrons. The zero-order valence-corrected chi connectivity index (χ0v) is 13.5. The molecule has 0 radical (unpaired) electrons. The zero-order chi connectivity index (χ0) is 18.3. The molecule has 0 aliphatic heterocycles. The minimum absolute atomic E-state index is 0.0310. The van der Waals surface area contributed by atoms with Crippen molar-refractivity contribution in [2.75, 3.05) is 13.2 Å². The van der Waals surface area contributed by atoms with E-state index in [1.54, 1.807) is 0 Å². The van der Waals surface area contributed by atoms with Crippen molar-refractivity contribution in [2.24, 2.45) is 5.92 Å². The van der Waals surface area contributed by atoms with E-state index in [9.17, 15) is 18.0 Å². The van der Waals surface area contributed by atoms with Crippen molar-refractivity contribution in [1.29, 1.82) is 5.41 Å². The first kappa shape index (κ1) is 18.9. The van der Waals surface area contributed by atoms with Crippen LogP contribution in [0.15, 0.2) is 24.5 Å². The Labute approximate surface area is 143 Å². The number of carbonyl (C=O) groups is 1. The summed E-state index contributed by atoms with van der Waals surface area (Å²) in [4.78, 5) is 18.9. The fourth-order valence-corrected chi connectivity index (χ4v) is 2.17. The summed E-state index contributed by atoms with van der Waals surface area (Å²) in [5.74, 6) is 0.410. The van der Waals surface area contributed by atoms with Crippen LogP contribution in [0.2, 0.25) is 0 Å². The molecule has 0 saturated heterocycles. The Kier molecular flexibility index (Phi) is 6.49.